The van der Waals surface area contributed by atoms with Crippen LogP contribution >= 0.6 is 0 Å². The second-order valence-corrected chi connectivity index (χ2v) is 14.2. The van der Waals surface area contributed by atoms with Gasteiger partial charge in [0.25, 0.3) is 0 Å². The highest BCUT2D eigenvalue weighted by Gasteiger charge is 2.73. The number of carbonyl (C=O) groups excluding carboxylic acids is 1. The molecule has 2 aliphatic heterocycles. The van der Waals surface area contributed by atoms with Crippen LogP contribution in [0.5, 0.6) is 0 Å². The van der Waals surface area contributed by atoms with Gasteiger partial charge in [-0.1, -0.05) is 20.8 Å². The van der Waals surface area contributed by atoms with Gasteiger partial charge in [0.05, 0.1) is 23.9 Å². The molecule has 9 heteroatoms. The van der Waals surface area contributed by atoms with Crippen LogP contribution in [-0.4, -0.2) is 86.6 Å². The first-order valence-electron chi connectivity index (χ1n) is 14.9. The molecule has 0 unspecified atom stereocenters. The molecular formula is C30H46O9. The van der Waals surface area contributed by atoms with Gasteiger partial charge in [0.2, 0.25) is 0 Å². The van der Waals surface area contributed by atoms with Crippen molar-refractivity contribution in [3.8, 4) is 0 Å². The summed E-state index contributed by atoms with van der Waals surface area (Å²) in [5.41, 5.74) is -1.03. The summed E-state index contributed by atoms with van der Waals surface area (Å²) in [6, 6.07) is 0. The van der Waals surface area contributed by atoms with E-state index in [4.69, 9.17) is 14.2 Å². The average molecular weight is 551 g/mol. The lowest BCUT2D eigenvalue weighted by Crippen LogP contribution is -2.70. The van der Waals surface area contributed by atoms with Crippen molar-refractivity contribution in [2.24, 2.45) is 34.0 Å². The van der Waals surface area contributed by atoms with Crippen LogP contribution in [-0.2, 0) is 19.0 Å². The summed E-state index contributed by atoms with van der Waals surface area (Å²) >= 11 is 0. The Morgan fingerprint density at radius 1 is 0.923 bits per heavy atom. The molecule has 5 fully saturated rings. The zero-order valence-corrected chi connectivity index (χ0v) is 23.6. The van der Waals surface area contributed by atoms with Crippen LogP contribution in [0.25, 0.3) is 0 Å². The Morgan fingerprint density at radius 2 is 1.64 bits per heavy atom. The largest absolute Gasteiger partial charge is 0.458 e. The molecule has 4 aliphatic carbocycles. The van der Waals surface area contributed by atoms with E-state index in [1.54, 1.807) is 13.0 Å². The van der Waals surface area contributed by atoms with E-state index in [9.17, 15) is 30.3 Å². The molecule has 2 heterocycles. The van der Waals surface area contributed by atoms with Gasteiger partial charge in [0, 0.05) is 23.3 Å². The van der Waals surface area contributed by atoms with Gasteiger partial charge in [0.1, 0.15) is 24.9 Å². The molecule has 14 atom stereocenters. The maximum atomic E-state index is 12.6. The number of fused-ring (bicyclic) bond motifs is 5. The third kappa shape index (κ3) is 3.73. The minimum atomic E-state index is -1.37. The zero-order chi connectivity index (χ0) is 28.1. The van der Waals surface area contributed by atoms with E-state index in [0.29, 0.717) is 25.9 Å². The molecule has 1 saturated heterocycles. The molecule has 0 amide bonds. The Labute approximate surface area is 230 Å². The van der Waals surface area contributed by atoms with Gasteiger partial charge >= 0.3 is 5.97 Å². The number of esters is 1. The summed E-state index contributed by atoms with van der Waals surface area (Å²) in [6.07, 6.45) is 0.966. The first-order chi connectivity index (χ1) is 18.3. The molecule has 0 spiro atoms. The van der Waals surface area contributed by atoms with Crippen molar-refractivity contribution in [1.82, 2.24) is 0 Å². The summed E-state index contributed by atoms with van der Waals surface area (Å²) < 4.78 is 17.1. The number of ether oxygens (including phenoxy) is 3. The summed E-state index contributed by atoms with van der Waals surface area (Å²) in [5.74, 6) is 0.127. The second-order valence-electron chi connectivity index (χ2n) is 14.2. The molecule has 9 nitrogen and oxygen atoms in total. The quantitative estimate of drug-likeness (QED) is 0.262. The predicted molar refractivity (Wildman–Crippen MR) is 139 cm³/mol. The fraction of sp³-hybridized carbons (Fsp3) is 0.900. The SMILES string of the molecule is C[C@@H]1O[C@@H](O[C@@H]2C[C@H]3CC[C@]4(C)[C@H](CC[C@]5(C)[C@@H](C6=CC(=O)OC6)CC[C@@]54O)[C@@]3(C)[C@H](O)C2)[C@H](O)[C@H](O)[C@H]1O. The number of rotatable bonds is 3. The molecule has 4 saturated carbocycles. The van der Waals surface area contributed by atoms with E-state index >= 15 is 0 Å². The topological polar surface area (TPSA) is 146 Å². The van der Waals surface area contributed by atoms with Crippen LogP contribution in [0.15, 0.2) is 11.6 Å². The monoisotopic (exact) mass is 550 g/mol. The van der Waals surface area contributed by atoms with Gasteiger partial charge in [0.15, 0.2) is 6.29 Å². The van der Waals surface area contributed by atoms with Crippen molar-refractivity contribution in [1.29, 1.82) is 0 Å². The van der Waals surface area contributed by atoms with Crippen LogP contribution in [0.1, 0.15) is 79.1 Å². The van der Waals surface area contributed by atoms with E-state index in [2.05, 4.69) is 20.8 Å². The lowest BCUT2D eigenvalue weighted by molar-refractivity contribution is -0.319. The number of aliphatic hydroxyl groups is 5. The van der Waals surface area contributed by atoms with Gasteiger partial charge < -0.3 is 39.7 Å². The summed E-state index contributed by atoms with van der Waals surface area (Å²) in [5, 5.41) is 55.1. The fourth-order valence-corrected chi connectivity index (χ4v) is 10.5. The first kappa shape index (κ1) is 28.1. The molecule has 39 heavy (non-hydrogen) atoms. The Morgan fingerprint density at radius 3 is 2.33 bits per heavy atom. The first-order valence-corrected chi connectivity index (χ1v) is 14.9. The molecule has 0 aromatic carbocycles. The van der Waals surface area contributed by atoms with Crippen LogP contribution in [0, 0.1) is 34.0 Å². The van der Waals surface area contributed by atoms with Gasteiger partial charge in [-0.3, -0.25) is 0 Å². The molecule has 0 radical (unpaired) electrons. The Bertz CT molecular complexity index is 1030. The Balaban J connectivity index is 1.23. The van der Waals surface area contributed by atoms with E-state index in [-0.39, 0.29) is 40.7 Å². The number of hydrogen-bond donors (Lipinski definition) is 5. The third-order valence-electron chi connectivity index (χ3n) is 12.8. The van der Waals surface area contributed by atoms with Crippen molar-refractivity contribution in [3.05, 3.63) is 11.6 Å². The second kappa shape index (κ2) is 9.21. The Hall–Kier alpha value is -1.07. The van der Waals surface area contributed by atoms with Crippen LogP contribution in [0.3, 0.4) is 0 Å². The molecule has 6 rings (SSSR count). The van der Waals surface area contributed by atoms with Crippen LogP contribution < -0.4 is 0 Å². The van der Waals surface area contributed by atoms with Gasteiger partial charge in [-0.25, -0.2) is 4.79 Å². The Kier molecular flexibility index (Phi) is 6.63. The van der Waals surface area contributed by atoms with E-state index in [0.717, 1.165) is 37.7 Å². The maximum Gasteiger partial charge on any atom is 0.331 e. The fourth-order valence-electron chi connectivity index (χ4n) is 10.5. The number of carbonyl (C=O) groups is 1. The molecule has 220 valence electrons. The lowest BCUT2D eigenvalue weighted by atomic mass is 9.37. The zero-order valence-electron chi connectivity index (χ0n) is 23.6. The molecule has 6 aliphatic rings. The standard InChI is InChI=1S/C30H46O9/c1-15-23(33)24(34)25(35)26(38-15)39-18-12-17-5-8-28(3)20(29(17,4)21(31)13-18)7-9-27(2)19(6-10-30(27,28)36)16-11-22(32)37-14-16/h11,15,17-21,23-26,31,33-36H,5-10,12-14H2,1-4H3/t15-,17+,18+,19+,20-,21+,23-,24+,25+,26-,27+,28+,29-,30+/m0/s1. The summed E-state index contributed by atoms with van der Waals surface area (Å²) in [7, 11) is 0. The van der Waals surface area contributed by atoms with E-state index in [1.165, 1.54) is 0 Å². The number of cyclic esters (lactones) is 1. The van der Waals surface area contributed by atoms with Crippen molar-refractivity contribution < 1.29 is 44.5 Å². The van der Waals surface area contributed by atoms with Crippen molar-refractivity contribution in [2.45, 2.75) is 128 Å². The van der Waals surface area contributed by atoms with Gasteiger partial charge in [-0.15, -0.1) is 0 Å². The minimum Gasteiger partial charge on any atom is -0.458 e. The van der Waals surface area contributed by atoms with E-state index < -0.39 is 47.8 Å². The average Bonchev–Trinajstić information content (AvgIpc) is 3.43. The van der Waals surface area contributed by atoms with Crippen molar-refractivity contribution in [2.75, 3.05) is 6.61 Å². The lowest BCUT2D eigenvalue weighted by Gasteiger charge is -2.69. The van der Waals surface area contributed by atoms with Crippen molar-refractivity contribution in [3.63, 3.8) is 0 Å². The van der Waals surface area contributed by atoms with Crippen LogP contribution in [0.4, 0.5) is 0 Å². The number of aliphatic hydroxyl groups excluding tert-OH is 4. The molecule has 5 N–H and O–H groups in total. The molecular weight excluding hydrogens is 504 g/mol. The third-order valence-corrected chi connectivity index (χ3v) is 12.8. The van der Waals surface area contributed by atoms with Gasteiger partial charge in [-0.05, 0) is 80.6 Å². The smallest absolute Gasteiger partial charge is 0.331 e. The number of hydrogen-bond acceptors (Lipinski definition) is 9. The predicted octanol–water partition coefficient (Wildman–Crippen LogP) is 1.82. The highest BCUT2D eigenvalue weighted by atomic mass is 16.7. The van der Waals surface area contributed by atoms with Crippen LogP contribution in [0.2, 0.25) is 0 Å². The maximum absolute atomic E-state index is 12.6. The summed E-state index contributed by atoms with van der Waals surface area (Å²) in [4.78, 5) is 11.9. The highest BCUT2D eigenvalue weighted by molar-refractivity contribution is 5.85. The summed E-state index contributed by atoms with van der Waals surface area (Å²) in [6.45, 7) is 8.59. The molecule has 0 aromatic rings. The molecule has 0 bridgehead atoms. The minimum absolute atomic E-state index is 0.115. The van der Waals surface area contributed by atoms with E-state index in [1.807, 2.05) is 0 Å². The normalized spacial score (nSPS) is 57.3. The molecule has 0 aromatic heterocycles. The van der Waals surface area contributed by atoms with Crippen molar-refractivity contribution >= 4 is 5.97 Å². The van der Waals surface area contributed by atoms with Gasteiger partial charge in [-0.2, -0.15) is 0 Å². The highest BCUT2D eigenvalue weighted by Crippen LogP contribution is 2.74.